The molecule has 3 heterocycles. The van der Waals surface area contributed by atoms with Crippen LogP contribution in [0.2, 0.25) is 0 Å². The second-order valence-corrected chi connectivity index (χ2v) is 10.1. The fourth-order valence-corrected chi connectivity index (χ4v) is 4.36. The van der Waals surface area contributed by atoms with Gasteiger partial charge in [-0.3, -0.25) is 4.79 Å². The maximum absolute atomic E-state index is 13.5. The summed E-state index contributed by atoms with van der Waals surface area (Å²) in [4.78, 5) is 32.3. The Labute approximate surface area is 199 Å². The Morgan fingerprint density at radius 2 is 1.85 bits per heavy atom. The van der Waals surface area contributed by atoms with Crippen molar-refractivity contribution in [2.24, 2.45) is 0 Å². The fraction of sp³-hybridized carbons (Fsp3) is 0.423. The van der Waals surface area contributed by atoms with Crippen LogP contribution in [0.15, 0.2) is 42.6 Å². The van der Waals surface area contributed by atoms with Crippen LogP contribution in [0.3, 0.4) is 0 Å². The van der Waals surface area contributed by atoms with Gasteiger partial charge in [0.2, 0.25) is 0 Å². The summed E-state index contributed by atoms with van der Waals surface area (Å²) in [7, 11) is 0. The van der Waals surface area contributed by atoms with E-state index in [0.29, 0.717) is 24.4 Å². The van der Waals surface area contributed by atoms with Crippen LogP contribution in [0, 0.1) is 6.92 Å². The first-order chi connectivity index (χ1) is 16.0. The molecule has 4 rings (SSSR count). The van der Waals surface area contributed by atoms with Gasteiger partial charge in [-0.25, -0.2) is 9.78 Å². The largest absolute Gasteiger partial charge is 0.491 e. The molecule has 2 amide bonds. The highest BCUT2D eigenvalue weighted by Gasteiger charge is 2.32. The van der Waals surface area contributed by atoms with E-state index in [1.54, 1.807) is 11.0 Å². The number of amides is 2. The number of carbonyl (C=O) groups excluding carboxylic acids is 2. The number of aromatic nitrogens is 2. The first-order valence-electron chi connectivity index (χ1n) is 11.5. The van der Waals surface area contributed by atoms with Gasteiger partial charge >= 0.3 is 6.09 Å². The molecule has 1 aliphatic rings. The zero-order chi connectivity index (χ0) is 24.7. The molecule has 3 aromatic rings. The molecule has 0 bridgehead atoms. The van der Waals surface area contributed by atoms with E-state index >= 15 is 0 Å². The summed E-state index contributed by atoms with van der Waals surface area (Å²) in [6.45, 7) is 12.3. The summed E-state index contributed by atoms with van der Waals surface area (Å²) in [5, 5.41) is 3.16. The van der Waals surface area contributed by atoms with Gasteiger partial charge in [0.05, 0.1) is 35.6 Å². The highest BCUT2D eigenvalue weighted by Crippen LogP contribution is 2.30. The van der Waals surface area contributed by atoms with Crippen molar-refractivity contribution in [1.82, 2.24) is 19.6 Å². The maximum atomic E-state index is 13.5. The Morgan fingerprint density at radius 1 is 1.09 bits per heavy atom. The second-order valence-electron chi connectivity index (χ2n) is 10.1. The Balaban J connectivity index is 1.60. The van der Waals surface area contributed by atoms with Gasteiger partial charge in [0, 0.05) is 11.8 Å². The molecule has 8 nitrogen and oxygen atoms in total. The number of hydrogen-bond donors (Lipinski definition) is 1. The van der Waals surface area contributed by atoms with E-state index in [9.17, 15) is 9.59 Å². The van der Waals surface area contributed by atoms with Gasteiger partial charge in [0.15, 0.2) is 0 Å². The molecule has 0 radical (unpaired) electrons. The van der Waals surface area contributed by atoms with Crippen molar-refractivity contribution in [2.45, 2.75) is 59.2 Å². The number of para-hydroxylation sites is 1. The lowest BCUT2D eigenvalue weighted by atomic mass is 9.97. The third kappa shape index (κ3) is 4.71. The molecule has 0 fully saturated rings. The first-order valence-corrected chi connectivity index (χ1v) is 11.5. The van der Waals surface area contributed by atoms with Crippen molar-refractivity contribution in [1.29, 1.82) is 0 Å². The first kappa shape index (κ1) is 23.6. The highest BCUT2D eigenvalue weighted by atomic mass is 16.6. The van der Waals surface area contributed by atoms with E-state index in [0.717, 1.165) is 22.6 Å². The number of nitrogens with one attached hydrogen (secondary N) is 1. The number of rotatable bonds is 3. The number of nitrogens with zero attached hydrogens (tertiary/aromatic N) is 3. The molecule has 1 aromatic carbocycles. The Bertz CT molecular complexity index is 1240. The quantitative estimate of drug-likeness (QED) is 0.620. The van der Waals surface area contributed by atoms with Crippen LogP contribution in [0.4, 0.5) is 4.79 Å². The van der Waals surface area contributed by atoms with Crippen molar-refractivity contribution in [3.8, 4) is 5.75 Å². The van der Waals surface area contributed by atoms with E-state index < -0.39 is 17.2 Å². The summed E-state index contributed by atoms with van der Waals surface area (Å²) in [6.07, 6.45) is 1.55. The van der Waals surface area contributed by atoms with Crippen LogP contribution in [0.5, 0.6) is 5.75 Å². The van der Waals surface area contributed by atoms with Crippen molar-refractivity contribution in [2.75, 3.05) is 13.2 Å². The molecule has 1 N–H and O–H groups in total. The second kappa shape index (κ2) is 8.66. The third-order valence-electron chi connectivity index (χ3n) is 5.68. The average Bonchev–Trinajstić information content (AvgIpc) is 2.93. The van der Waals surface area contributed by atoms with Gasteiger partial charge in [-0.1, -0.05) is 18.2 Å². The molecule has 34 heavy (non-hydrogen) atoms. The molecule has 2 aromatic heterocycles. The summed E-state index contributed by atoms with van der Waals surface area (Å²) in [5.41, 5.74) is 2.51. The van der Waals surface area contributed by atoms with Crippen LogP contribution < -0.4 is 10.1 Å². The SMILES string of the molecule is Cc1nc2ccccn2c1C(C)(C)NC(=O)c1cccc2c1OCCN(C(=O)OC(C)(C)C)C2. The van der Waals surface area contributed by atoms with Crippen molar-refractivity contribution < 1.29 is 19.1 Å². The molecule has 8 heteroatoms. The van der Waals surface area contributed by atoms with Gasteiger partial charge < -0.3 is 24.1 Å². The maximum Gasteiger partial charge on any atom is 0.410 e. The molecule has 1 aliphatic heterocycles. The van der Waals surface area contributed by atoms with Gasteiger partial charge in [0.1, 0.15) is 23.6 Å². The fourth-order valence-electron chi connectivity index (χ4n) is 4.36. The molecule has 0 saturated carbocycles. The number of imidazole rings is 1. The van der Waals surface area contributed by atoms with E-state index in [2.05, 4.69) is 10.3 Å². The molecule has 0 atom stereocenters. The number of hydrogen-bond acceptors (Lipinski definition) is 5. The third-order valence-corrected chi connectivity index (χ3v) is 5.68. The van der Waals surface area contributed by atoms with Gasteiger partial charge in [-0.2, -0.15) is 0 Å². The summed E-state index contributed by atoms with van der Waals surface area (Å²) in [6, 6.07) is 11.2. The number of fused-ring (bicyclic) bond motifs is 2. The van der Waals surface area contributed by atoms with Crippen molar-refractivity contribution in [3.05, 3.63) is 65.1 Å². The molecule has 0 saturated heterocycles. The Morgan fingerprint density at radius 3 is 2.59 bits per heavy atom. The van der Waals surface area contributed by atoms with Crippen LogP contribution in [0.25, 0.3) is 5.65 Å². The summed E-state index contributed by atoms with van der Waals surface area (Å²) < 4.78 is 13.5. The predicted molar refractivity (Wildman–Crippen MR) is 129 cm³/mol. The lowest BCUT2D eigenvalue weighted by Crippen LogP contribution is -2.42. The molecule has 180 valence electrons. The van der Waals surface area contributed by atoms with E-state index in [-0.39, 0.29) is 12.5 Å². The minimum Gasteiger partial charge on any atom is -0.491 e. The number of aryl methyl sites for hydroxylation is 1. The summed E-state index contributed by atoms with van der Waals surface area (Å²) in [5.74, 6) is 0.245. The van der Waals surface area contributed by atoms with E-state index in [4.69, 9.17) is 9.47 Å². The van der Waals surface area contributed by atoms with E-state index in [1.807, 2.05) is 82.5 Å². The minimum absolute atomic E-state index is 0.252. The monoisotopic (exact) mass is 464 g/mol. The van der Waals surface area contributed by atoms with Crippen molar-refractivity contribution >= 4 is 17.6 Å². The minimum atomic E-state index is -0.696. The predicted octanol–water partition coefficient (Wildman–Crippen LogP) is 4.44. The zero-order valence-corrected chi connectivity index (χ0v) is 20.6. The van der Waals surface area contributed by atoms with Crippen LogP contribution >= 0.6 is 0 Å². The highest BCUT2D eigenvalue weighted by molar-refractivity contribution is 5.98. The standard InChI is InChI=1S/C26H32N4O4/c1-17-22(30-13-8-7-12-20(30)27-17)26(5,6)28-23(31)19-11-9-10-18-16-29(14-15-33-21(18)19)24(32)34-25(2,3)4/h7-13H,14-16H2,1-6H3,(H,28,31). The van der Waals surface area contributed by atoms with Crippen LogP contribution in [0.1, 0.15) is 61.9 Å². The normalized spacial score (nSPS) is 14.2. The smallest absolute Gasteiger partial charge is 0.410 e. The Hall–Kier alpha value is -3.55. The number of carbonyl (C=O) groups is 2. The Kier molecular flexibility index (Phi) is 6.02. The molecular weight excluding hydrogens is 432 g/mol. The average molecular weight is 465 g/mol. The van der Waals surface area contributed by atoms with Gasteiger partial charge in [-0.05, 0) is 59.7 Å². The van der Waals surface area contributed by atoms with E-state index in [1.165, 1.54) is 0 Å². The van der Waals surface area contributed by atoms with Crippen molar-refractivity contribution in [3.63, 3.8) is 0 Å². The number of pyridine rings is 1. The number of ether oxygens (including phenoxy) is 2. The molecule has 0 aliphatic carbocycles. The lowest BCUT2D eigenvalue weighted by molar-refractivity contribution is 0.0225. The van der Waals surface area contributed by atoms with Crippen LogP contribution in [-0.4, -0.2) is 45.0 Å². The topological polar surface area (TPSA) is 85.2 Å². The molecule has 0 spiro atoms. The summed E-state index contributed by atoms with van der Waals surface area (Å²) >= 11 is 0. The lowest BCUT2D eigenvalue weighted by Gasteiger charge is -2.27. The van der Waals surface area contributed by atoms with Gasteiger partial charge in [-0.15, -0.1) is 0 Å². The van der Waals surface area contributed by atoms with Crippen LogP contribution in [-0.2, 0) is 16.8 Å². The number of benzene rings is 1. The molecule has 0 unspecified atom stereocenters. The zero-order valence-electron chi connectivity index (χ0n) is 20.6. The van der Waals surface area contributed by atoms with Gasteiger partial charge in [0.25, 0.3) is 5.91 Å². The molecular formula is C26H32N4O4.